The zero-order chi connectivity index (χ0) is 10.7. The fraction of sp³-hybridized carbons (Fsp3) is 0.571. The minimum Gasteiger partial charge on any atom is -0.321 e. The lowest BCUT2D eigenvalue weighted by Crippen LogP contribution is -2.35. The molecule has 1 saturated heterocycles. The Bertz CT molecular complexity index is 291. The number of rotatable bonds is 2. The molecule has 0 radical (unpaired) electrons. The third-order valence-electron chi connectivity index (χ3n) is 1.60. The molecule has 0 aromatic carbocycles. The van der Waals surface area contributed by atoms with Gasteiger partial charge >= 0.3 is 0 Å². The van der Waals surface area contributed by atoms with Gasteiger partial charge in [0.2, 0.25) is 0 Å². The molecule has 7 heteroatoms. The van der Waals surface area contributed by atoms with Crippen molar-refractivity contribution in [1.82, 2.24) is 4.90 Å². The second kappa shape index (κ2) is 4.70. The van der Waals surface area contributed by atoms with E-state index in [0.717, 1.165) is 18.0 Å². The van der Waals surface area contributed by atoms with E-state index in [4.69, 9.17) is 0 Å². The van der Waals surface area contributed by atoms with Crippen molar-refractivity contribution >= 4 is 28.8 Å². The number of amides is 1. The molecule has 0 aromatic heterocycles. The molecule has 0 spiro atoms. The highest BCUT2D eigenvalue weighted by atomic mass is 32.2. The van der Waals surface area contributed by atoms with E-state index >= 15 is 0 Å². The van der Waals surface area contributed by atoms with Crippen LogP contribution in [0.25, 0.3) is 0 Å². The number of carbonyl (C=O) groups is 1. The van der Waals surface area contributed by atoms with Gasteiger partial charge in [0.1, 0.15) is 4.24 Å². The quantitative estimate of drug-likeness (QED) is 0.542. The van der Waals surface area contributed by atoms with Crippen molar-refractivity contribution < 1.29 is 9.72 Å². The van der Waals surface area contributed by atoms with Crippen molar-refractivity contribution in [3.8, 4) is 0 Å². The average Bonchev–Trinajstić information content (AvgIpc) is 2.01. The maximum absolute atomic E-state index is 11.4. The summed E-state index contributed by atoms with van der Waals surface area (Å²) in [6, 6.07) is 0.139. The SMILES string of the molecule is CC(C)N1CS/C(=C\[N+](=O)[O-])SC1=O. The molecule has 1 aliphatic rings. The number of carbonyl (C=O) groups excluding carboxylic acids is 1. The largest absolute Gasteiger partial charge is 0.321 e. The molecule has 1 amide bonds. The predicted octanol–water partition coefficient (Wildman–Crippen LogP) is 2.33. The molecule has 1 aliphatic heterocycles. The van der Waals surface area contributed by atoms with Gasteiger partial charge in [0.05, 0.1) is 10.8 Å². The highest BCUT2D eigenvalue weighted by Gasteiger charge is 2.26. The van der Waals surface area contributed by atoms with Gasteiger partial charge < -0.3 is 4.90 Å². The van der Waals surface area contributed by atoms with Crippen LogP contribution in [-0.2, 0) is 0 Å². The standard InChI is InChI=1S/C7H10N2O3S2/c1-5(2)8-4-13-6(3-9(11)12)14-7(8)10/h3,5H,4H2,1-2H3/b6-3+. The molecule has 78 valence electrons. The summed E-state index contributed by atoms with van der Waals surface area (Å²) in [5, 5.41) is 10.0. The summed E-state index contributed by atoms with van der Waals surface area (Å²) in [6.45, 7) is 3.84. The second-order valence-corrected chi connectivity index (χ2v) is 5.18. The van der Waals surface area contributed by atoms with E-state index in [1.807, 2.05) is 13.8 Å². The van der Waals surface area contributed by atoms with E-state index in [9.17, 15) is 14.9 Å². The molecule has 0 unspecified atom stereocenters. The van der Waals surface area contributed by atoms with Crippen molar-refractivity contribution in [3.63, 3.8) is 0 Å². The topological polar surface area (TPSA) is 63.4 Å². The third-order valence-corrected chi connectivity index (χ3v) is 3.72. The van der Waals surface area contributed by atoms with E-state index < -0.39 is 4.92 Å². The zero-order valence-corrected chi connectivity index (χ0v) is 9.43. The van der Waals surface area contributed by atoms with Gasteiger partial charge in [-0.25, -0.2) is 0 Å². The number of nitrogens with zero attached hydrogens (tertiary/aromatic N) is 2. The van der Waals surface area contributed by atoms with Crippen LogP contribution in [0.2, 0.25) is 0 Å². The summed E-state index contributed by atoms with van der Waals surface area (Å²) in [5.74, 6) is 0.489. The summed E-state index contributed by atoms with van der Waals surface area (Å²) in [4.78, 5) is 22.7. The van der Waals surface area contributed by atoms with Gasteiger partial charge in [-0.1, -0.05) is 11.8 Å². The van der Waals surface area contributed by atoms with Crippen LogP contribution in [0.4, 0.5) is 4.79 Å². The van der Waals surface area contributed by atoms with Gasteiger partial charge in [-0.3, -0.25) is 14.9 Å². The predicted molar refractivity (Wildman–Crippen MR) is 57.5 cm³/mol. The van der Waals surface area contributed by atoms with Crippen molar-refractivity contribution in [3.05, 3.63) is 20.6 Å². The fourth-order valence-electron chi connectivity index (χ4n) is 0.870. The van der Waals surface area contributed by atoms with Gasteiger partial charge in [0.15, 0.2) is 0 Å². The summed E-state index contributed by atoms with van der Waals surface area (Å²) < 4.78 is 0.455. The lowest BCUT2D eigenvalue weighted by molar-refractivity contribution is -0.402. The number of hydrogen-bond acceptors (Lipinski definition) is 5. The Labute approximate surface area is 90.1 Å². The highest BCUT2D eigenvalue weighted by Crippen LogP contribution is 2.37. The summed E-state index contributed by atoms with van der Waals surface area (Å²) >= 11 is 2.24. The molecular formula is C7H10N2O3S2. The van der Waals surface area contributed by atoms with Crippen molar-refractivity contribution in [2.24, 2.45) is 0 Å². The minimum atomic E-state index is -0.534. The first-order valence-electron chi connectivity index (χ1n) is 3.97. The Hall–Kier alpha value is -0.690. The molecule has 0 N–H and O–H groups in total. The van der Waals surface area contributed by atoms with E-state index in [-0.39, 0.29) is 11.3 Å². The maximum Gasteiger partial charge on any atom is 0.288 e. The molecule has 14 heavy (non-hydrogen) atoms. The summed E-state index contributed by atoms with van der Waals surface area (Å²) in [5.41, 5.74) is 0. The molecular weight excluding hydrogens is 224 g/mol. The molecule has 0 aliphatic carbocycles. The van der Waals surface area contributed by atoms with E-state index in [1.54, 1.807) is 4.90 Å². The molecule has 1 heterocycles. The average molecular weight is 234 g/mol. The van der Waals surface area contributed by atoms with E-state index in [1.165, 1.54) is 11.8 Å². The number of nitro groups is 1. The lowest BCUT2D eigenvalue weighted by Gasteiger charge is -2.29. The molecule has 5 nitrogen and oxygen atoms in total. The summed E-state index contributed by atoms with van der Waals surface area (Å²) in [7, 11) is 0. The van der Waals surface area contributed by atoms with Gasteiger partial charge in [-0.2, -0.15) is 0 Å². The monoisotopic (exact) mass is 234 g/mol. The number of thioether (sulfide) groups is 2. The molecule has 0 atom stereocenters. The van der Waals surface area contributed by atoms with Crippen molar-refractivity contribution in [2.45, 2.75) is 19.9 Å². The van der Waals surface area contributed by atoms with Gasteiger partial charge in [-0.15, -0.1) is 0 Å². The van der Waals surface area contributed by atoms with Crippen LogP contribution in [-0.4, -0.2) is 27.0 Å². The van der Waals surface area contributed by atoms with Crippen LogP contribution < -0.4 is 0 Å². The smallest absolute Gasteiger partial charge is 0.288 e. The molecule has 1 rings (SSSR count). The van der Waals surface area contributed by atoms with Crippen LogP contribution in [0.5, 0.6) is 0 Å². The molecule has 0 aromatic rings. The van der Waals surface area contributed by atoms with Crippen LogP contribution in [0.3, 0.4) is 0 Å². The van der Waals surface area contributed by atoms with Gasteiger partial charge in [0, 0.05) is 6.04 Å². The van der Waals surface area contributed by atoms with E-state index in [0.29, 0.717) is 10.1 Å². The number of hydrogen-bond donors (Lipinski definition) is 0. The normalized spacial score (nSPS) is 20.6. The molecule has 0 saturated carbocycles. The molecule has 1 fully saturated rings. The Morgan fingerprint density at radius 3 is 2.71 bits per heavy atom. The first-order chi connectivity index (χ1) is 6.50. The van der Waals surface area contributed by atoms with Gasteiger partial charge in [-0.05, 0) is 25.6 Å². The zero-order valence-electron chi connectivity index (χ0n) is 7.80. The minimum absolute atomic E-state index is 0.119. The Kier molecular flexibility index (Phi) is 3.82. The Morgan fingerprint density at radius 1 is 1.64 bits per heavy atom. The van der Waals surface area contributed by atoms with Crippen molar-refractivity contribution in [2.75, 3.05) is 5.88 Å². The van der Waals surface area contributed by atoms with Crippen molar-refractivity contribution in [1.29, 1.82) is 0 Å². The Balaban J connectivity index is 2.64. The maximum atomic E-state index is 11.4. The van der Waals surface area contributed by atoms with Crippen LogP contribution in [0.1, 0.15) is 13.8 Å². The molecule has 0 bridgehead atoms. The van der Waals surface area contributed by atoms with Gasteiger partial charge in [0.25, 0.3) is 11.4 Å². The fourth-order valence-corrected chi connectivity index (χ4v) is 3.10. The Morgan fingerprint density at radius 2 is 2.29 bits per heavy atom. The lowest BCUT2D eigenvalue weighted by atomic mass is 10.4. The first kappa shape index (κ1) is 11.4. The summed E-state index contributed by atoms with van der Waals surface area (Å²) in [6.07, 6.45) is 0.880. The van der Waals surface area contributed by atoms with Crippen LogP contribution in [0, 0.1) is 10.1 Å². The first-order valence-corrected chi connectivity index (χ1v) is 5.77. The van der Waals surface area contributed by atoms with Crippen LogP contribution >= 0.6 is 23.5 Å². The highest BCUT2D eigenvalue weighted by molar-refractivity contribution is 8.30. The second-order valence-electron chi connectivity index (χ2n) is 2.94. The van der Waals surface area contributed by atoms with E-state index in [2.05, 4.69) is 0 Å². The third kappa shape index (κ3) is 2.91. The van der Waals surface area contributed by atoms with Crippen LogP contribution in [0.15, 0.2) is 10.4 Å².